The van der Waals surface area contributed by atoms with E-state index in [2.05, 4.69) is 10.3 Å². The van der Waals surface area contributed by atoms with E-state index in [-0.39, 0.29) is 11.9 Å². The Morgan fingerprint density at radius 1 is 1.26 bits per heavy atom. The molecule has 2 aliphatic rings. The zero-order valence-corrected chi connectivity index (χ0v) is 17.7. The van der Waals surface area contributed by atoms with Crippen molar-refractivity contribution in [2.24, 2.45) is 16.1 Å². The summed E-state index contributed by atoms with van der Waals surface area (Å²) in [6.07, 6.45) is 0.376. The Bertz CT molecular complexity index is 1130. The van der Waals surface area contributed by atoms with Gasteiger partial charge in [-0.05, 0) is 49.7 Å². The van der Waals surface area contributed by atoms with Gasteiger partial charge in [-0.25, -0.2) is 14.2 Å². The normalized spacial score (nSPS) is 24.2. The molecular weight excluding hydrogens is 403 g/mol. The maximum atomic E-state index is 14.9. The molecule has 0 saturated heterocycles. The summed E-state index contributed by atoms with van der Waals surface area (Å²) < 4.78 is 25.0. The van der Waals surface area contributed by atoms with Crippen LogP contribution in [0.4, 0.5) is 15.8 Å². The van der Waals surface area contributed by atoms with Crippen molar-refractivity contribution in [2.75, 3.05) is 26.6 Å². The second-order valence-electron chi connectivity index (χ2n) is 7.93. The largest absolute Gasteiger partial charge is 0.495 e. The Morgan fingerprint density at radius 3 is 2.68 bits per heavy atom. The lowest BCUT2D eigenvalue weighted by molar-refractivity contribution is -0.132. The average molecular weight is 426 g/mol. The minimum atomic E-state index is -1.03. The Hall–Kier alpha value is -3.62. The molecule has 1 amide bonds. The fourth-order valence-electron chi connectivity index (χ4n) is 4.20. The highest BCUT2D eigenvalue weighted by Gasteiger charge is 2.74. The monoisotopic (exact) mass is 426 g/mol. The fourth-order valence-corrected chi connectivity index (χ4v) is 4.20. The van der Waals surface area contributed by atoms with Crippen LogP contribution in [0.1, 0.15) is 29.3 Å². The minimum Gasteiger partial charge on any atom is -0.495 e. The SMILES string of the molecule is COC(=O)c1ccc(Nc2ccc(F)c([C@]34CC3(C)C(=O)N(C)C(N)=N4)c2)c(OC)c1. The van der Waals surface area contributed by atoms with Gasteiger partial charge in [0.1, 0.15) is 17.1 Å². The maximum absolute atomic E-state index is 14.9. The molecule has 1 aliphatic carbocycles. The van der Waals surface area contributed by atoms with Gasteiger partial charge in [-0.3, -0.25) is 9.69 Å². The highest BCUT2D eigenvalue weighted by atomic mass is 19.1. The lowest BCUT2D eigenvalue weighted by atomic mass is 9.92. The molecule has 4 rings (SSSR count). The number of anilines is 2. The van der Waals surface area contributed by atoms with Gasteiger partial charge in [0.2, 0.25) is 5.91 Å². The average Bonchev–Trinajstić information content (AvgIpc) is 3.39. The molecule has 162 valence electrons. The zero-order valence-electron chi connectivity index (χ0n) is 17.7. The summed E-state index contributed by atoms with van der Waals surface area (Å²) in [7, 11) is 4.34. The summed E-state index contributed by atoms with van der Waals surface area (Å²) in [5, 5.41) is 3.17. The lowest BCUT2D eigenvalue weighted by Crippen LogP contribution is -2.48. The Kier molecular flexibility index (Phi) is 4.64. The highest BCUT2D eigenvalue weighted by molar-refractivity contribution is 6.04. The predicted molar refractivity (Wildman–Crippen MR) is 113 cm³/mol. The number of nitrogens with one attached hydrogen (secondary N) is 1. The van der Waals surface area contributed by atoms with Crippen LogP contribution in [0.15, 0.2) is 41.4 Å². The second kappa shape index (κ2) is 6.97. The van der Waals surface area contributed by atoms with Crippen molar-refractivity contribution in [1.82, 2.24) is 4.90 Å². The summed E-state index contributed by atoms with van der Waals surface area (Å²) in [6, 6.07) is 9.35. The number of benzene rings is 2. The van der Waals surface area contributed by atoms with Crippen molar-refractivity contribution in [3.8, 4) is 5.75 Å². The number of ether oxygens (including phenoxy) is 2. The molecule has 1 saturated carbocycles. The Morgan fingerprint density at radius 2 is 2.00 bits per heavy atom. The smallest absolute Gasteiger partial charge is 0.337 e. The van der Waals surface area contributed by atoms with Gasteiger partial charge in [0.15, 0.2) is 5.96 Å². The van der Waals surface area contributed by atoms with E-state index in [1.165, 1.54) is 25.2 Å². The molecule has 2 aromatic rings. The number of carbonyl (C=O) groups is 2. The van der Waals surface area contributed by atoms with E-state index in [0.29, 0.717) is 34.7 Å². The van der Waals surface area contributed by atoms with Crippen LogP contribution in [0, 0.1) is 11.2 Å². The quantitative estimate of drug-likeness (QED) is 0.712. The number of halogens is 1. The summed E-state index contributed by atoms with van der Waals surface area (Å²) in [5.41, 5.74) is 5.85. The zero-order chi connectivity index (χ0) is 22.6. The van der Waals surface area contributed by atoms with Crippen molar-refractivity contribution in [1.29, 1.82) is 0 Å². The Balaban J connectivity index is 1.71. The first-order valence-corrected chi connectivity index (χ1v) is 9.64. The topological polar surface area (TPSA) is 106 Å². The first kappa shape index (κ1) is 20.6. The molecule has 1 aliphatic heterocycles. The van der Waals surface area contributed by atoms with Crippen molar-refractivity contribution in [3.05, 3.63) is 53.3 Å². The molecule has 0 aromatic heterocycles. The van der Waals surface area contributed by atoms with Crippen molar-refractivity contribution >= 4 is 29.2 Å². The minimum absolute atomic E-state index is 0.0674. The lowest BCUT2D eigenvalue weighted by Gasteiger charge is -2.30. The number of carbonyl (C=O) groups excluding carboxylic acids is 2. The van der Waals surface area contributed by atoms with Gasteiger partial charge in [0.25, 0.3) is 0 Å². The number of fused-ring (bicyclic) bond motifs is 1. The molecule has 1 heterocycles. The fraction of sp³-hybridized carbons (Fsp3) is 0.318. The predicted octanol–water partition coefficient (Wildman–Crippen LogP) is 2.76. The van der Waals surface area contributed by atoms with E-state index in [4.69, 9.17) is 15.2 Å². The van der Waals surface area contributed by atoms with Crippen LogP contribution in [0.25, 0.3) is 0 Å². The number of hydrogen-bond donors (Lipinski definition) is 2. The number of rotatable bonds is 5. The van der Waals surface area contributed by atoms with Crippen LogP contribution in [0.3, 0.4) is 0 Å². The van der Waals surface area contributed by atoms with Gasteiger partial charge in [0.05, 0.1) is 30.9 Å². The van der Waals surface area contributed by atoms with Crippen LogP contribution >= 0.6 is 0 Å². The molecule has 8 nitrogen and oxygen atoms in total. The molecule has 0 radical (unpaired) electrons. The van der Waals surface area contributed by atoms with Crippen molar-refractivity contribution in [2.45, 2.75) is 18.9 Å². The van der Waals surface area contributed by atoms with Crippen LogP contribution in [-0.4, -0.2) is 44.0 Å². The molecule has 31 heavy (non-hydrogen) atoms. The van der Waals surface area contributed by atoms with E-state index in [9.17, 15) is 14.0 Å². The third-order valence-corrected chi connectivity index (χ3v) is 6.14. The molecule has 2 aromatic carbocycles. The number of methoxy groups -OCH3 is 2. The molecule has 0 bridgehead atoms. The van der Waals surface area contributed by atoms with Gasteiger partial charge < -0.3 is 20.5 Å². The molecule has 1 fully saturated rings. The number of amides is 1. The first-order chi connectivity index (χ1) is 14.7. The summed E-state index contributed by atoms with van der Waals surface area (Å²) in [5.74, 6) is -0.643. The van der Waals surface area contributed by atoms with Gasteiger partial charge in [-0.2, -0.15) is 0 Å². The van der Waals surface area contributed by atoms with E-state index in [1.807, 2.05) is 0 Å². The van der Waals surface area contributed by atoms with Crippen LogP contribution in [0.5, 0.6) is 5.75 Å². The van der Waals surface area contributed by atoms with Crippen LogP contribution in [0.2, 0.25) is 0 Å². The summed E-state index contributed by atoms with van der Waals surface area (Å²) in [4.78, 5) is 30.3. The number of hydrogen-bond acceptors (Lipinski definition) is 7. The first-order valence-electron chi connectivity index (χ1n) is 9.64. The standard InChI is InChI=1S/C22H23FN4O4/c1-21-11-22(21,26-20(24)27(2)19(21)29)14-10-13(6-7-15(14)23)25-16-8-5-12(18(28)31-4)9-17(16)30-3/h5-10,25H,11H2,1-4H3,(H2,24,26)/t21?,22-/m1/s1. The Labute approximate surface area is 178 Å². The number of guanidine groups is 1. The molecule has 2 atom stereocenters. The molecule has 9 heteroatoms. The third-order valence-electron chi connectivity index (χ3n) is 6.14. The summed E-state index contributed by atoms with van der Waals surface area (Å²) in [6.45, 7) is 1.77. The van der Waals surface area contributed by atoms with E-state index >= 15 is 0 Å². The van der Waals surface area contributed by atoms with E-state index in [0.717, 1.165) is 0 Å². The van der Waals surface area contributed by atoms with Gasteiger partial charge >= 0.3 is 5.97 Å². The number of nitrogens with zero attached hydrogens (tertiary/aromatic N) is 2. The second-order valence-corrected chi connectivity index (χ2v) is 7.93. The van der Waals surface area contributed by atoms with E-state index in [1.54, 1.807) is 44.3 Å². The number of aliphatic imine (C=N–C) groups is 1. The summed E-state index contributed by atoms with van der Waals surface area (Å²) >= 11 is 0. The highest BCUT2D eigenvalue weighted by Crippen LogP contribution is 2.68. The van der Waals surface area contributed by atoms with Crippen molar-refractivity contribution < 1.29 is 23.5 Å². The molecule has 1 unspecified atom stereocenters. The van der Waals surface area contributed by atoms with Gasteiger partial charge in [0, 0.05) is 18.3 Å². The molecular formula is C22H23FN4O4. The van der Waals surface area contributed by atoms with Crippen molar-refractivity contribution in [3.63, 3.8) is 0 Å². The van der Waals surface area contributed by atoms with Crippen LogP contribution in [-0.2, 0) is 15.1 Å². The van der Waals surface area contributed by atoms with Gasteiger partial charge in [-0.15, -0.1) is 0 Å². The van der Waals surface area contributed by atoms with E-state index < -0.39 is 22.7 Å². The molecule has 3 N–H and O–H groups in total. The number of nitrogens with two attached hydrogens (primary N) is 1. The van der Waals surface area contributed by atoms with Gasteiger partial charge in [-0.1, -0.05) is 0 Å². The third kappa shape index (κ3) is 2.99. The maximum Gasteiger partial charge on any atom is 0.337 e. The molecule has 0 spiro atoms. The van der Waals surface area contributed by atoms with Crippen LogP contribution < -0.4 is 15.8 Å². The number of esters is 1.